The van der Waals surface area contributed by atoms with Gasteiger partial charge in [-0.1, -0.05) is 44.2 Å². The molecule has 0 spiro atoms. The summed E-state index contributed by atoms with van der Waals surface area (Å²) < 4.78 is 0. The number of hydrogen-bond donors (Lipinski definition) is 1. The van der Waals surface area contributed by atoms with Crippen molar-refractivity contribution in [2.45, 2.75) is 19.9 Å². The number of likely N-dealkylation sites (N-methyl/N-ethyl adjacent to an activating group) is 2. The van der Waals surface area contributed by atoms with Gasteiger partial charge in [-0.2, -0.15) is 0 Å². The van der Waals surface area contributed by atoms with Crippen LogP contribution in [0.15, 0.2) is 30.3 Å². The van der Waals surface area contributed by atoms with Gasteiger partial charge in [0.05, 0.1) is 0 Å². The molecular formula is C19H32N4O. The van der Waals surface area contributed by atoms with Gasteiger partial charge in [0.25, 0.3) is 0 Å². The van der Waals surface area contributed by atoms with Crippen LogP contribution in [0.5, 0.6) is 0 Å². The minimum absolute atomic E-state index is 0.0756. The first kappa shape index (κ1) is 18.9. The number of benzene rings is 1. The number of hydrogen-bond acceptors (Lipinski definition) is 4. The quantitative estimate of drug-likeness (QED) is 0.856. The molecule has 0 aromatic heterocycles. The van der Waals surface area contributed by atoms with Gasteiger partial charge in [0.1, 0.15) is 6.04 Å². The van der Waals surface area contributed by atoms with Crippen molar-refractivity contribution in [1.29, 1.82) is 0 Å². The molecule has 1 aliphatic heterocycles. The molecular weight excluding hydrogens is 300 g/mol. The molecule has 1 aliphatic rings. The normalized spacial score (nSPS) is 18.4. The van der Waals surface area contributed by atoms with Crippen LogP contribution in [-0.2, 0) is 4.79 Å². The van der Waals surface area contributed by atoms with Crippen molar-refractivity contribution >= 4 is 5.91 Å². The van der Waals surface area contributed by atoms with Gasteiger partial charge in [-0.15, -0.1) is 0 Å². The second kappa shape index (κ2) is 8.10. The lowest BCUT2D eigenvalue weighted by Crippen LogP contribution is -2.51. The maximum absolute atomic E-state index is 13.2. The summed E-state index contributed by atoms with van der Waals surface area (Å²) in [4.78, 5) is 19.7. The summed E-state index contributed by atoms with van der Waals surface area (Å²) in [6.45, 7) is 9.25. The summed E-state index contributed by atoms with van der Waals surface area (Å²) >= 11 is 0. The molecule has 2 N–H and O–H groups in total. The fourth-order valence-electron chi connectivity index (χ4n) is 3.22. The Hall–Kier alpha value is -1.43. The minimum Gasteiger partial charge on any atom is -0.344 e. The smallest absolute Gasteiger partial charge is 0.244 e. The number of carbonyl (C=O) groups excluding carboxylic acids is 1. The molecule has 0 saturated carbocycles. The van der Waals surface area contributed by atoms with Gasteiger partial charge in [-0.05, 0) is 24.6 Å². The first-order chi connectivity index (χ1) is 11.3. The molecule has 24 heavy (non-hydrogen) atoms. The summed E-state index contributed by atoms with van der Waals surface area (Å²) in [7, 11) is 4.03. The highest BCUT2D eigenvalue weighted by Crippen LogP contribution is 2.25. The van der Waals surface area contributed by atoms with Gasteiger partial charge in [-0.25, -0.2) is 0 Å². The van der Waals surface area contributed by atoms with Crippen LogP contribution in [0.25, 0.3) is 0 Å². The third-order valence-electron chi connectivity index (χ3n) is 4.85. The van der Waals surface area contributed by atoms with Crippen molar-refractivity contribution < 1.29 is 4.79 Å². The van der Waals surface area contributed by atoms with Crippen molar-refractivity contribution in [2.75, 3.05) is 53.4 Å². The van der Waals surface area contributed by atoms with Crippen LogP contribution in [0.1, 0.15) is 25.5 Å². The van der Waals surface area contributed by atoms with E-state index in [1.807, 2.05) is 30.1 Å². The Balaban J connectivity index is 2.20. The molecule has 134 valence electrons. The van der Waals surface area contributed by atoms with E-state index in [2.05, 4.69) is 42.8 Å². The molecule has 2 rings (SSSR count). The Morgan fingerprint density at radius 3 is 2.33 bits per heavy atom. The zero-order chi connectivity index (χ0) is 17.7. The zero-order valence-electron chi connectivity index (χ0n) is 15.5. The maximum atomic E-state index is 13.2. The third-order valence-corrected chi connectivity index (χ3v) is 4.85. The van der Waals surface area contributed by atoms with E-state index >= 15 is 0 Å². The predicted molar refractivity (Wildman–Crippen MR) is 98.7 cm³/mol. The van der Waals surface area contributed by atoms with Gasteiger partial charge in [-0.3, -0.25) is 9.69 Å². The van der Waals surface area contributed by atoms with Gasteiger partial charge in [0.2, 0.25) is 5.91 Å². The highest BCUT2D eigenvalue weighted by molar-refractivity contribution is 5.83. The van der Waals surface area contributed by atoms with Crippen molar-refractivity contribution in [3.63, 3.8) is 0 Å². The predicted octanol–water partition coefficient (Wildman–Crippen LogP) is 1.42. The maximum Gasteiger partial charge on any atom is 0.244 e. The number of rotatable bonds is 6. The van der Waals surface area contributed by atoms with Crippen LogP contribution in [-0.4, -0.2) is 74.0 Å². The topological polar surface area (TPSA) is 52.8 Å². The molecule has 1 aromatic rings. The van der Waals surface area contributed by atoms with E-state index in [9.17, 15) is 4.79 Å². The molecule has 0 aliphatic carbocycles. The van der Waals surface area contributed by atoms with Crippen LogP contribution in [0, 0.1) is 5.41 Å². The standard InChI is InChI=1S/C19H32N4O/c1-19(2,14-20)15-22(4)18(24)17(16-8-6-5-7-9-16)23-12-10-21(3)11-13-23/h5-9,17H,10-15,20H2,1-4H3. The van der Waals surface area contributed by atoms with Crippen molar-refractivity contribution in [1.82, 2.24) is 14.7 Å². The Kier molecular flexibility index (Phi) is 6.38. The Morgan fingerprint density at radius 1 is 1.21 bits per heavy atom. The molecule has 1 atom stereocenters. The average Bonchev–Trinajstić information content (AvgIpc) is 2.57. The molecule has 5 nitrogen and oxygen atoms in total. The minimum atomic E-state index is -0.210. The molecule has 1 unspecified atom stereocenters. The summed E-state index contributed by atoms with van der Waals surface area (Å²) in [5.41, 5.74) is 6.84. The van der Waals surface area contributed by atoms with Crippen LogP contribution in [0.4, 0.5) is 0 Å². The second-order valence-electron chi connectivity index (χ2n) is 7.72. The number of nitrogens with two attached hydrogens (primary N) is 1. The van der Waals surface area contributed by atoms with Crippen LogP contribution in [0.2, 0.25) is 0 Å². The fourth-order valence-corrected chi connectivity index (χ4v) is 3.22. The van der Waals surface area contributed by atoms with Crippen molar-refractivity contribution in [3.8, 4) is 0 Å². The molecule has 0 radical (unpaired) electrons. The van der Waals surface area contributed by atoms with E-state index in [1.54, 1.807) is 0 Å². The molecule has 1 amide bonds. The molecule has 1 heterocycles. The highest BCUT2D eigenvalue weighted by atomic mass is 16.2. The van der Waals surface area contributed by atoms with Crippen molar-refractivity contribution in [3.05, 3.63) is 35.9 Å². The molecule has 1 aromatic carbocycles. The van der Waals surface area contributed by atoms with Crippen molar-refractivity contribution in [2.24, 2.45) is 11.1 Å². The lowest BCUT2D eigenvalue weighted by Gasteiger charge is -2.40. The lowest BCUT2D eigenvalue weighted by atomic mass is 9.92. The van der Waals surface area contributed by atoms with Gasteiger partial charge < -0.3 is 15.5 Å². The fraction of sp³-hybridized carbons (Fsp3) is 0.632. The number of amides is 1. The highest BCUT2D eigenvalue weighted by Gasteiger charge is 2.33. The third kappa shape index (κ3) is 4.79. The average molecular weight is 332 g/mol. The van der Waals surface area contributed by atoms with E-state index in [-0.39, 0.29) is 17.4 Å². The Labute approximate surface area is 146 Å². The van der Waals surface area contributed by atoms with E-state index in [0.29, 0.717) is 13.1 Å². The summed E-state index contributed by atoms with van der Waals surface area (Å²) in [6, 6.07) is 9.92. The number of piperazine rings is 1. The van der Waals surface area contributed by atoms with Gasteiger partial charge in [0, 0.05) is 39.8 Å². The molecule has 5 heteroatoms. The second-order valence-corrected chi connectivity index (χ2v) is 7.72. The van der Waals surface area contributed by atoms with E-state index in [1.165, 1.54) is 0 Å². The Bertz CT molecular complexity index is 523. The molecule has 0 bridgehead atoms. The first-order valence-corrected chi connectivity index (χ1v) is 8.76. The summed E-state index contributed by atoms with van der Waals surface area (Å²) in [5, 5.41) is 0. The van der Waals surface area contributed by atoms with Crippen LogP contribution >= 0.6 is 0 Å². The van der Waals surface area contributed by atoms with Crippen LogP contribution < -0.4 is 5.73 Å². The first-order valence-electron chi connectivity index (χ1n) is 8.76. The van der Waals surface area contributed by atoms with E-state index in [4.69, 9.17) is 5.73 Å². The number of carbonyl (C=O) groups is 1. The number of nitrogens with zero attached hydrogens (tertiary/aromatic N) is 3. The van der Waals surface area contributed by atoms with Crippen LogP contribution in [0.3, 0.4) is 0 Å². The monoisotopic (exact) mass is 332 g/mol. The SMILES string of the molecule is CN1CCN(C(C(=O)N(C)CC(C)(C)CN)c2ccccc2)CC1. The van der Waals surface area contributed by atoms with E-state index in [0.717, 1.165) is 31.7 Å². The largest absolute Gasteiger partial charge is 0.344 e. The van der Waals surface area contributed by atoms with E-state index < -0.39 is 0 Å². The zero-order valence-corrected chi connectivity index (χ0v) is 15.5. The van der Waals surface area contributed by atoms with Gasteiger partial charge in [0.15, 0.2) is 0 Å². The van der Waals surface area contributed by atoms with Gasteiger partial charge >= 0.3 is 0 Å². The Morgan fingerprint density at radius 2 is 1.79 bits per heavy atom. The lowest BCUT2D eigenvalue weighted by molar-refractivity contribution is -0.138. The molecule has 1 fully saturated rings. The summed E-state index contributed by atoms with van der Waals surface area (Å²) in [5.74, 6) is 0.160. The summed E-state index contributed by atoms with van der Waals surface area (Å²) in [6.07, 6.45) is 0. The molecule has 1 saturated heterocycles.